The number of nitrogens with two attached hydrogens (primary N) is 1. The minimum Gasteiger partial charge on any atom is -0.329 e. The number of hydrogen-bond acceptors (Lipinski definition) is 3. The molecule has 0 saturated carbocycles. The standard InChI is InChI=1S/C12H20N2S/c1-3-10(2)9-15-12(8-13)11-6-4-5-7-14-11/h4-7,10,12H,3,8-9,13H2,1-2H3. The maximum absolute atomic E-state index is 5.77. The summed E-state index contributed by atoms with van der Waals surface area (Å²) < 4.78 is 0. The Balaban J connectivity index is 2.50. The quantitative estimate of drug-likeness (QED) is 0.807. The van der Waals surface area contributed by atoms with Gasteiger partial charge in [0.2, 0.25) is 0 Å². The van der Waals surface area contributed by atoms with Crippen LogP contribution in [-0.2, 0) is 0 Å². The van der Waals surface area contributed by atoms with Crippen LogP contribution in [0, 0.1) is 5.92 Å². The molecule has 0 saturated heterocycles. The van der Waals surface area contributed by atoms with Crippen LogP contribution < -0.4 is 5.73 Å². The largest absolute Gasteiger partial charge is 0.329 e. The summed E-state index contributed by atoms with van der Waals surface area (Å²) in [6, 6.07) is 6.02. The molecule has 0 bridgehead atoms. The zero-order chi connectivity index (χ0) is 11.1. The molecule has 2 nitrogen and oxygen atoms in total. The highest BCUT2D eigenvalue weighted by molar-refractivity contribution is 7.99. The molecule has 0 amide bonds. The molecule has 1 heterocycles. The second kappa shape index (κ2) is 6.85. The number of nitrogens with zero attached hydrogens (tertiary/aromatic N) is 1. The van der Waals surface area contributed by atoms with Gasteiger partial charge in [-0.3, -0.25) is 4.98 Å². The van der Waals surface area contributed by atoms with Gasteiger partial charge in [0.05, 0.1) is 10.9 Å². The lowest BCUT2D eigenvalue weighted by Gasteiger charge is -2.16. The highest BCUT2D eigenvalue weighted by Gasteiger charge is 2.12. The van der Waals surface area contributed by atoms with E-state index in [9.17, 15) is 0 Å². The van der Waals surface area contributed by atoms with Crippen LogP contribution in [-0.4, -0.2) is 17.3 Å². The van der Waals surface area contributed by atoms with Gasteiger partial charge in [-0.1, -0.05) is 26.3 Å². The van der Waals surface area contributed by atoms with E-state index in [1.807, 2.05) is 30.1 Å². The van der Waals surface area contributed by atoms with E-state index in [1.54, 1.807) is 0 Å². The molecule has 1 aromatic heterocycles. The molecule has 0 aromatic carbocycles. The summed E-state index contributed by atoms with van der Waals surface area (Å²) in [5.74, 6) is 1.92. The summed E-state index contributed by atoms with van der Waals surface area (Å²) in [5.41, 5.74) is 6.88. The van der Waals surface area contributed by atoms with Crippen molar-refractivity contribution < 1.29 is 0 Å². The van der Waals surface area contributed by atoms with Crippen molar-refractivity contribution in [2.24, 2.45) is 11.7 Å². The van der Waals surface area contributed by atoms with Gasteiger partial charge in [-0.2, -0.15) is 11.8 Å². The molecular formula is C12H20N2S. The Morgan fingerprint density at radius 3 is 2.80 bits per heavy atom. The van der Waals surface area contributed by atoms with Gasteiger partial charge in [0.15, 0.2) is 0 Å². The maximum atomic E-state index is 5.77. The molecule has 2 atom stereocenters. The van der Waals surface area contributed by atoms with Gasteiger partial charge >= 0.3 is 0 Å². The summed E-state index contributed by atoms with van der Waals surface area (Å²) in [6.45, 7) is 5.17. The lowest BCUT2D eigenvalue weighted by atomic mass is 10.2. The van der Waals surface area contributed by atoms with E-state index in [0.29, 0.717) is 11.8 Å². The third-order valence-electron chi connectivity index (χ3n) is 2.51. The molecule has 0 spiro atoms. The summed E-state index contributed by atoms with van der Waals surface area (Å²) >= 11 is 1.92. The fraction of sp³-hybridized carbons (Fsp3) is 0.583. The van der Waals surface area contributed by atoms with Crippen molar-refractivity contribution in [3.63, 3.8) is 0 Å². The second-order valence-corrected chi connectivity index (χ2v) is 5.06. The van der Waals surface area contributed by atoms with Crippen molar-refractivity contribution in [3.05, 3.63) is 30.1 Å². The van der Waals surface area contributed by atoms with E-state index < -0.39 is 0 Å². The smallest absolute Gasteiger partial charge is 0.0592 e. The number of thioether (sulfide) groups is 1. The highest BCUT2D eigenvalue weighted by Crippen LogP contribution is 2.28. The number of aromatic nitrogens is 1. The molecule has 0 radical (unpaired) electrons. The second-order valence-electron chi connectivity index (χ2n) is 3.83. The average Bonchev–Trinajstić information content (AvgIpc) is 2.31. The Morgan fingerprint density at radius 2 is 2.27 bits per heavy atom. The highest BCUT2D eigenvalue weighted by atomic mass is 32.2. The van der Waals surface area contributed by atoms with Crippen LogP contribution in [0.1, 0.15) is 31.2 Å². The Morgan fingerprint density at radius 1 is 1.47 bits per heavy atom. The van der Waals surface area contributed by atoms with E-state index in [0.717, 1.165) is 17.4 Å². The maximum Gasteiger partial charge on any atom is 0.0592 e. The van der Waals surface area contributed by atoms with Crippen LogP contribution >= 0.6 is 11.8 Å². The first-order valence-corrected chi connectivity index (χ1v) is 6.55. The van der Waals surface area contributed by atoms with Crippen LogP contribution in [0.15, 0.2) is 24.4 Å². The summed E-state index contributed by atoms with van der Waals surface area (Å²) in [4.78, 5) is 4.35. The predicted molar refractivity (Wildman–Crippen MR) is 67.9 cm³/mol. The van der Waals surface area contributed by atoms with Gasteiger partial charge in [0.25, 0.3) is 0 Å². The molecule has 1 aromatic rings. The fourth-order valence-electron chi connectivity index (χ4n) is 1.24. The van der Waals surface area contributed by atoms with Crippen molar-refractivity contribution in [1.82, 2.24) is 4.98 Å². The molecule has 0 fully saturated rings. The summed E-state index contributed by atoms with van der Waals surface area (Å²) in [6.07, 6.45) is 3.06. The van der Waals surface area contributed by atoms with Crippen molar-refractivity contribution in [2.75, 3.05) is 12.3 Å². The first kappa shape index (κ1) is 12.5. The first-order valence-electron chi connectivity index (χ1n) is 5.50. The van der Waals surface area contributed by atoms with Crippen molar-refractivity contribution >= 4 is 11.8 Å². The molecule has 2 N–H and O–H groups in total. The number of hydrogen-bond donors (Lipinski definition) is 1. The lowest BCUT2D eigenvalue weighted by Crippen LogP contribution is -2.12. The molecular weight excluding hydrogens is 204 g/mol. The zero-order valence-corrected chi connectivity index (χ0v) is 10.3. The Labute approximate surface area is 96.7 Å². The fourth-order valence-corrected chi connectivity index (χ4v) is 2.48. The van der Waals surface area contributed by atoms with Crippen LogP contribution in [0.25, 0.3) is 0 Å². The van der Waals surface area contributed by atoms with Gasteiger partial charge < -0.3 is 5.73 Å². The van der Waals surface area contributed by atoms with Gasteiger partial charge in [-0.25, -0.2) is 0 Å². The Kier molecular flexibility index (Phi) is 5.73. The normalized spacial score (nSPS) is 14.9. The van der Waals surface area contributed by atoms with Crippen LogP contribution in [0.2, 0.25) is 0 Å². The zero-order valence-electron chi connectivity index (χ0n) is 9.52. The molecule has 0 aliphatic heterocycles. The summed E-state index contributed by atoms with van der Waals surface area (Å²) in [7, 11) is 0. The monoisotopic (exact) mass is 224 g/mol. The Bertz CT molecular complexity index is 264. The van der Waals surface area contributed by atoms with Gasteiger partial charge in [0, 0.05) is 12.7 Å². The molecule has 3 heteroatoms. The molecule has 2 unspecified atom stereocenters. The minimum absolute atomic E-state index is 0.347. The predicted octanol–water partition coefficient (Wildman–Crippen LogP) is 2.86. The third-order valence-corrected chi connectivity index (χ3v) is 4.11. The van der Waals surface area contributed by atoms with Crippen molar-refractivity contribution in [1.29, 1.82) is 0 Å². The minimum atomic E-state index is 0.347. The van der Waals surface area contributed by atoms with Gasteiger partial charge in [-0.15, -0.1) is 0 Å². The molecule has 15 heavy (non-hydrogen) atoms. The van der Waals surface area contributed by atoms with E-state index in [1.165, 1.54) is 6.42 Å². The molecule has 0 aliphatic rings. The average molecular weight is 224 g/mol. The van der Waals surface area contributed by atoms with E-state index in [-0.39, 0.29) is 0 Å². The molecule has 0 aliphatic carbocycles. The van der Waals surface area contributed by atoms with Crippen LogP contribution in [0.3, 0.4) is 0 Å². The number of rotatable bonds is 6. The lowest BCUT2D eigenvalue weighted by molar-refractivity contribution is 0.635. The molecule has 84 valence electrons. The number of pyridine rings is 1. The van der Waals surface area contributed by atoms with Gasteiger partial charge in [-0.05, 0) is 23.8 Å². The third kappa shape index (κ3) is 4.22. The Hall–Kier alpha value is -0.540. The van der Waals surface area contributed by atoms with E-state index >= 15 is 0 Å². The van der Waals surface area contributed by atoms with Gasteiger partial charge in [0.1, 0.15) is 0 Å². The SMILES string of the molecule is CCC(C)CSC(CN)c1ccccn1. The molecule has 1 rings (SSSR count). The van der Waals surface area contributed by atoms with E-state index in [2.05, 4.69) is 24.9 Å². The first-order chi connectivity index (χ1) is 7.27. The van der Waals surface area contributed by atoms with Crippen LogP contribution in [0.5, 0.6) is 0 Å². The van der Waals surface area contributed by atoms with Crippen molar-refractivity contribution in [3.8, 4) is 0 Å². The van der Waals surface area contributed by atoms with Crippen LogP contribution in [0.4, 0.5) is 0 Å². The van der Waals surface area contributed by atoms with E-state index in [4.69, 9.17) is 5.73 Å². The van der Waals surface area contributed by atoms with Crippen molar-refractivity contribution in [2.45, 2.75) is 25.5 Å². The topological polar surface area (TPSA) is 38.9 Å². The summed E-state index contributed by atoms with van der Waals surface area (Å²) in [5, 5.41) is 0.347.